The lowest BCUT2D eigenvalue weighted by Crippen LogP contribution is -2.11. The second-order valence-corrected chi connectivity index (χ2v) is 4.89. The van der Waals surface area contributed by atoms with Gasteiger partial charge in [0.2, 0.25) is 0 Å². The van der Waals surface area contributed by atoms with E-state index in [9.17, 15) is 4.79 Å². The summed E-state index contributed by atoms with van der Waals surface area (Å²) >= 11 is 1.60. The van der Waals surface area contributed by atoms with Gasteiger partial charge in [-0.25, -0.2) is 0 Å². The van der Waals surface area contributed by atoms with Crippen molar-refractivity contribution in [1.29, 1.82) is 0 Å². The van der Waals surface area contributed by atoms with Crippen molar-refractivity contribution in [3.05, 3.63) is 63.9 Å². The standard InChI is InChI=1S/C14H11NOS/c1-10-9-17-14-8-12(7-13(16)15(10)14)11-5-3-2-4-6-11/h2-9H,1H3. The summed E-state index contributed by atoms with van der Waals surface area (Å²) in [6.45, 7) is 1.95. The predicted molar refractivity (Wildman–Crippen MR) is 71.7 cm³/mol. The number of aromatic nitrogens is 1. The molecule has 0 aliphatic carbocycles. The van der Waals surface area contributed by atoms with Crippen LogP contribution >= 0.6 is 11.3 Å². The van der Waals surface area contributed by atoms with E-state index in [1.54, 1.807) is 21.8 Å². The molecular formula is C14H11NOS. The summed E-state index contributed by atoms with van der Waals surface area (Å²) in [6, 6.07) is 13.7. The second kappa shape index (κ2) is 3.86. The van der Waals surface area contributed by atoms with E-state index in [-0.39, 0.29) is 5.56 Å². The maximum atomic E-state index is 12.0. The summed E-state index contributed by atoms with van der Waals surface area (Å²) in [5, 5.41) is 2.01. The fourth-order valence-electron chi connectivity index (χ4n) is 1.98. The molecule has 0 radical (unpaired) electrons. The zero-order valence-electron chi connectivity index (χ0n) is 9.38. The smallest absolute Gasteiger partial charge is 0.256 e. The highest BCUT2D eigenvalue weighted by Gasteiger charge is 2.05. The minimum absolute atomic E-state index is 0.0418. The van der Waals surface area contributed by atoms with Crippen LogP contribution in [0.2, 0.25) is 0 Å². The van der Waals surface area contributed by atoms with Crippen LogP contribution in [0.15, 0.2) is 52.6 Å². The number of rotatable bonds is 1. The van der Waals surface area contributed by atoms with E-state index >= 15 is 0 Å². The van der Waals surface area contributed by atoms with Crippen LogP contribution < -0.4 is 5.56 Å². The maximum absolute atomic E-state index is 12.0. The van der Waals surface area contributed by atoms with Crippen molar-refractivity contribution < 1.29 is 0 Å². The van der Waals surface area contributed by atoms with Gasteiger partial charge in [-0.2, -0.15) is 0 Å². The molecule has 2 heterocycles. The Hall–Kier alpha value is -1.87. The van der Waals surface area contributed by atoms with Gasteiger partial charge in [-0.15, -0.1) is 11.3 Å². The Bertz CT molecular complexity index is 725. The second-order valence-electron chi connectivity index (χ2n) is 4.00. The Morgan fingerprint density at radius 2 is 1.82 bits per heavy atom. The highest BCUT2D eigenvalue weighted by Crippen LogP contribution is 2.22. The zero-order valence-corrected chi connectivity index (χ0v) is 10.2. The molecule has 0 bridgehead atoms. The van der Waals surface area contributed by atoms with Gasteiger partial charge in [0.1, 0.15) is 4.83 Å². The van der Waals surface area contributed by atoms with Crippen LogP contribution in [0.4, 0.5) is 0 Å². The SMILES string of the molecule is Cc1csc2cc(-c3ccccc3)cc(=O)n12. The molecule has 0 spiro atoms. The maximum Gasteiger partial charge on any atom is 0.256 e. The summed E-state index contributed by atoms with van der Waals surface area (Å²) in [5.74, 6) is 0. The Kier molecular flexibility index (Phi) is 2.34. The average Bonchev–Trinajstić information content (AvgIpc) is 2.73. The van der Waals surface area contributed by atoms with Gasteiger partial charge in [-0.1, -0.05) is 30.3 Å². The van der Waals surface area contributed by atoms with E-state index in [0.29, 0.717) is 0 Å². The van der Waals surface area contributed by atoms with E-state index in [2.05, 4.69) is 6.07 Å². The lowest BCUT2D eigenvalue weighted by atomic mass is 10.1. The number of fused-ring (bicyclic) bond motifs is 1. The number of hydrogen-bond donors (Lipinski definition) is 0. The summed E-state index contributed by atoms with van der Waals surface area (Å²) in [4.78, 5) is 13.0. The summed E-state index contributed by atoms with van der Waals surface area (Å²) in [5.41, 5.74) is 3.10. The largest absolute Gasteiger partial charge is 0.272 e. The number of thiazole rings is 1. The van der Waals surface area contributed by atoms with Gasteiger partial charge in [0, 0.05) is 17.1 Å². The zero-order chi connectivity index (χ0) is 11.8. The molecule has 0 aliphatic rings. The number of benzene rings is 1. The van der Waals surface area contributed by atoms with Crippen molar-refractivity contribution >= 4 is 16.2 Å². The fraction of sp³-hybridized carbons (Fsp3) is 0.0714. The van der Waals surface area contributed by atoms with Gasteiger partial charge in [0.05, 0.1) is 0 Å². The third kappa shape index (κ3) is 1.68. The van der Waals surface area contributed by atoms with E-state index in [0.717, 1.165) is 21.7 Å². The molecule has 2 aromatic heterocycles. The van der Waals surface area contributed by atoms with Crippen LogP contribution in [0.5, 0.6) is 0 Å². The average molecular weight is 241 g/mol. The molecule has 2 nitrogen and oxygen atoms in total. The van der Waals surface area contributed by atoms with Crippen molar-refractivity contribution in [1.82, 2.24) is 4.40 Å². The molecule has 0 unspecified atom stereocenters. The molecule has 3 rings (SSSR count). The monoisotopic (exact) mass is 241 g/mol. The van der Waals surface area contributed by atoms with E-state index in [1.807, 2.05) is 42.6 Å². The summed E-state index contributed by atoms with van der Waals surface area (Å²) in [7, 11) is 0. The Morgan fingerprint density at radius 3 is 2.59 bits per heavy atom. The Morgan fingerprint density at radius 1 is 1.06 bits per heavy atom. The van der Waals surface area contributed by atoms with Crippen LogP contribution in [-0.4, -0.2) is 4.40 Å². The molecular weight excluding hydrogens is 230 g/mol. The van der Waals surface area contributed by atoms with Crippen molar-refractivity contribution in [3.63, 3.8) is 0 Å². The van der Waals surface area contributed by atoms with Gasteiger partial charge >= 0.3 is 0 Å². The first-order valence-corrected chi connectivity index (χ1v) is 6.30. The van der Waals surface area contributed by atoms with Crippen molar-refractivity contribution in [3.8, 4) is 11.1 Å². The third-order valence-corrected chi connectivity index (χ3v) is 3.81. The lowest BCUT2D eigenvalue weighted by molar-refractivity contribution is 1.06. The summed E-state index contributed by atoms with van der Waals surface area (Å²) in [6.07, 6.45) is 0. The molecule has 0 fully saturated rings. The summed E-state index contributed by atoms with van der Waals surface area (Å²) < 4.78 is 1.75. The topological polar surface area (TPSA) is 21.5 Å². The van der Waals surface area contributed by atoms with Gasteiger partial charge in [0.25, 0.3) is 5.56 Å². The van der Waals surface area contributed by atoms with Crippen molar-refractivity contribution in [2.24, 2.45) is 0 Å². The van der Waals surface area contributed by atoms with Gasteiger partial charge in [0.15, 0.2) is 0 Å². The number of aryl methyl sites for hydroxylation is 1. The molecule has 0 amide bonds. The lowest BCUT2D eigenvalue weighted by Gasteiger charge is -2.02. The van der Waals surface area contributed by atoms with E-state index in [4.69, 9.17) is 0 Å². The van der Waals surface area contributed by atoms with Crippen LogP contribution in [-0.2, 0) is 0 Å². The van der Waals surface area contributed by atoms with Gasteiger partial charge < -0.3 is 0 Å². The predicted octanol–water partition coefficient (Wildman–Crippen LogP) is 3.34. The van der Waals surface area contributed by atoms with Gasteiger partial charge in [-0.05, 0) is 24.1 Å². The van der Waals surface area contributed by atoms with Crippen LogP contribution in [0, 0.1) is 6.92 Å². The van der Waals surface area contributed by atoms with Crippen LogP contribution in [0.1, 0.15) is 5.69 Å². The highest BCUT2D eigenvalue weighted by molar-refractivity contribution is 7.15. The van der Waals surface area contributed by atoms with E-state index in [1.165, 1.54) is 0 Å². The molecule has 0 saturated carbocycles. The molecule has 0 atom stereocenters. The first kappa shape index (κ1) is 10.3. The van der Waals surface area contributed by atoms with E-state index < -0.39 is 0 Å². The first-order chi connectivity index (χ1) is 8.25. The Balaban J connectivity index is 2.30. The van der Waals surface area contributed by atoms with Crippen LogP contribution in [0.3, 0.4) is 0 Å². The molecule has 0 saturated heterocycles. The minimum atomic E-state index is 0.0418. The molecule has 3 heteroatoms. The molecule has 17 heavy (non-hydrogen) atoms. The molecule has 3 aromatic rings. The van der Waals surface area contributed by atoms with Gasteiger partial charge in [-0.3, -0.25) is 9.20 Å². The van der Waals surface area contributed by atoms with Crippen molar-refractivity contribution in [2.45, 2.75) is 6.92 Å². The highest BCUT2D eigenvalue weighted by atomic mass is 32.1. The molecule has 0 aliphatic heterocycles. The Labute approximate surface area is 103 Å². The fourth-order valence-corrected chi connectivity index (χ4v) is 2.91. The molecule has 0 N–H and O–H groups in total. The molecule has 84 valence electrons. The molecule has 1 aromatic carbocycles. The number of hydrogen-bond acceptors (Lipinski definition) is 2. The van der Waals surface area contributed by atoms with Crippen molar-refractivity contribution in [2.75, 3.05) is 0 Å². The third-order valence-electron chi connectivity index (χ3n) is 2.81. The quantitative estimate of drug-likeness (QED) is 0.640. The van der Waals surface area contributed by atoms with Crippen LogP contribution in [0.25, 0.3) is 16.0 Å². The first-order valence-electron chi connectivity index (χ1n) is 5.42. The number of pyridine rings is 1. The number of nitrogens with zero attached hydrogens (tertiary/aromatic N) is 1. The minimum Gasteiger partial charge on any atom is -0.272 e. The normalized spacial score (nSPS) is 10.9.